The van der Waals surface area contributed by atoms with Gasteiger partial charge < -0.3 is 20.1 Å². The lowest BCUT2D eigenvalue weighted by atomic mass is 9.98. The van der Waals surface area contributed by atoms with Gasteiger partial charge in [-0.15, -0.1) is 0 Å². The van der Waals surface area contributed by atoms with Gasteiger partial charge in [-0.3, -0.25) is 4.79 Å². The lowest BCUT2D eigenvalue weighted by molar-refractivity contribution is -0.119. The van der Waals surface area contributed by atoms with Crippen molar-refractivity contribution in [1.29, 1.82) is 0 Å². The third-order valence-corrected chi connectivity index (χ3v) is 4.59. The molecular formula is C22H28N2O4. The smallest absolute Gasteiger partial charge is 0.408 e. The molecule has 0 aliphatic rings. The maximum absolute atomic E-state index is 12.9. The summed E-state index contributed by atoms with van der Waals surface area (Å²) in [5, 5.41) is 5.56. The lowest BCUT2D eigenvalue weighted by Gasteiger charge is -2.24. The Morgan fingerprint density at radius 2 is 1.82 bits per heavy atom. The summed E-state index contributed by atoms with van der Waals surface area (Å²) in [6, 6.07) is 14.2. The quantitative estimate of drug-likeness (QED) is 0.712. The van der Waals surface area contributed by atoms with Crippen LogP contribution in [0.25, 0.3) is 0 Å². The van der Waals surface area contributed by atoms with Crippen LogP contribution < -0.4 is 15.4 Å². The van der Waals surface area contributed by atoms with Crippen molar-refractivity contribution in [2.75, 3.05) is 12.4 Å². The van der Waals surface area contributed by atoms with Gasteiger partial charge in [0, 0.05) is 0 Å². The highest BCUT2D eigenvalue weighted by molar-refractivity contribution is 5.98. The van der Waals surface area contributed by atoms with Crippen molar-refractivity contribution >= 4 is 17.7 Å². The summed E-state index contributed by atoms with van der Waals surface area (Å²) < 4.78 is 10.6. The molecular weight excluding hydrogens is 356 g/mol. The molecule has 0 radical (unpaired) electrons. The van der Waals surface area contributed by atoms with E-state index in [2.05, 4.69) is 10.6 Å². The monoisotopic (exact) mass is 384 g/mol. The van der Waals surface area contributed by atoms with Gasteiger partial charge in [-0.2, -0.15) is 0 Å². The summed E-state index contributed by atoms with van der Waals surface area (Å²) in [5.41, 5.74) is 2.44. The summed E-state index contributed by atoms with van der Waals surface area (Å²) in [4.78, 5) is 25.1. The van der Waals surface area contributed by atoms with Crippen LogP contribution in [0.5, 0.6) is 5.75 Å². The minimum absolute atomic E-state index is 0.0694. The van der Waals surface area contributed by atoms with E-state index in [4.69, 9.17) is 9.47 Å². The molecule has 2 atom stereocenters. The second-order valence-electron chi connectivity index (χ2n) is 6.76. The maximum atomic E-state index is 12.9. The highest BCUT2D eigenvalue weighted by Crippen LogP contribution is 2.26. The molecule has 0 fully saturated rings. The van der Waals surface area contributed by atoms with Crippen molar-refractivity contribution in [2.24, 2.45) is 5.92 Å². The number of alkyl carbamates (subject to hydrolysis) is 1. The summed E-state index contributed by atoms with van der Waals surface area (Å²) in [5.74, 6) is 0.184. The van der Waals surface area contributed by atoms with Gasteiger partial charge in [0.2, 0.25) is 5.91 Å². The maximum Gasteiger partial charge on any atom is 0.408 e. The standard InChI is InChI=1S/C22H28N2O4/c1-5-16(3)20(24-22(26)28-14-17-9-7-6-8-10-17)21(25)23-18-13-15(2)11-12-19(18)27-4/h6-13,16,20H,5,14H2,1-4H3,(H,23,25)(H,24,26)/t16-,20+/m0/s1. The van der Waals surface area contributed by atoms with E-state index in [1.54, 1.807) is 13.2 Å². The molecule has 6 nitrogen and oxygen atoms in total. The van der Waals surface area contributed by atoms with Gasteiger partial charge in [0.15, 0.2) is 0 Å². The van der Waals surface area contributed by atoms with Crippen LogP contribution in [0.15, 0.2) is 48.5 Å². The molecule has 0 aliphatic heterocycles. The first-order chi connectivity index (χ1) is 13.4. The second kappa shape index (κ2) is 10.3. The molecule has 2 aromatic carbocycles. The Morgan fingerprint density at radius 1 is 1.11 bits per heavy atom. The highest BCUT2D eigenvalue weighted by atomic mass is 16.5. The Labute approximate surface area is 166 Å². The van der Waals surface area contributed by atoms with Gasteiger partial charge in [0.25, 0.3) is 0 Å². The first-order valence-corrected chi connectivity index (χ1v) is 9.37. The molecule has 0 aliphatic carbocycles. The average molecular weight is 384 g/mol. The van der Waals surface area contributed by atoms with Crippen LogP contribution in [-0.4, -0.2) is 25.2 Å². The third-order valence-electron chi connectivity index (χ3n) is 4.59. The number of carbonyl (C=O) groups is 2. The highest BCUT2D eigenvalue weighted by Gasteiger charge is 2.27. The van der Waals surface area contributed by atoms with Gasteiger partial charge in [-0.25, -0.2) is 4.79 Å². The van der Waals surface area contributed by atoms with E-state index in [0.29, 0.717) is 11.4 Å². The Balaban J connectivity index is 2.05. The predicted molar refractivity (Wildman–Crippen MR) is 109 cm³/mol. The molecule has 2 aromatic rings. The second-order valence-corrected chi connectivity index (χ2v) is 6.76. The van der Waals surface area contributed by atoms with Crippen LogP contribution in [0.1, 0.15) is 31.4 Å². The lowest BCUT2D eigenvalue weighted by Crippen LogP contribution is -2.47. The van der Waals surface area contributed by atoms with E-state index in [1.165, 1.54) is 0 Å². The van der Waals surface area contributed by atoms with Gasteiger partial charge in [0.1, 0.15) is 18.4 Å². The van der Waals surface area contributed by atoms with Crippen LogP contribution >= 0.6 is 0 Å². The number of aryl methyl sites for hydroxylation is 1. The molecule has 2 amide bonds. The molecule has 0 saturated carbocycles. The summed E-state index contributed by atoms with van der Waals surface area (Å²) >= 11 is 0. The Hall–Kier alpha value is -3.02. The fraction of sp³-hybridized carbons (Fsp3) is 0.364. The van der Waals surface area contributed by atoms with E-state index >= 15 is 0 Å². The van der Waals surface area contributed by atoms with Crippen LogP contribution in [-0.2, 0) is 16.1 Å². The number of hydrogen-bond acceptors (Lipinski definition) is 4. The molecule has 28 heavy (non-hydrogen) atoms. The molecule has 0 saturated heterocycles. The number of amides is 2. The van der Waals surface area contributed by atoms with Crippen molar-refractivity contribution in [2.45, 2.75) is 39.8 Å². The molecule has 2 rings (SSSR count). The van der Waals surface area contributed by atoms with Crippen molar-refractivity contribution in [3.8, 4) is 5.75 Å². The molecule has 150 valence electrons. The number of carbonyl (C=O) groups excluding carboxylic acids is 2. The molecule has 0 aromatic heterocycles. The minimum Gasteiger partial charge on any atom is -0.495 e. The van der Waals surface area contributed by atoms with Crippen LogP contribution in [0.3, 0.4) is 0 Å². The molecule has 0 unspecified atom stereocenters. The van der Waals surface area contributed by atoms with Crippen molar-refractivity contribution in [3.63, 3.8) is 0 Å². The van der Waals surface area contributed by atoms with Gasteiger partial charge in [-0.1, -0.05) is 56.7 Å². The van der Waals surface area contributed by atoms with E-state index in [0.717, 1.165) is 17.5 Å². The van der Waals surface area contributed by atoms with Gasteiger partial charge in [-0.05, 0) is 36.1 Å². The first-order valence-electron chi connectivity index (χ1n) is 9.37. The number of nitrogens with one attached hydrogen (secondary N) is 2. The normalized spacial score (nSPS) is 12.6. The Morgan fingerprint density at radius 3 is 2.46 bits per heavy atom. The largest absolute Gasteiger partial charge is 0.495 e. The van der Waals surface area contributed by atoms with Crippen molar-refractivity contribution in [3.05, 3.63) is 59.7 Å². The average Bonchev–Trinajstić information content (AvgIpc) is 2.70. The zero-order valence-electron chi connectivity index (χ0n) is 16.8. The summed E-state index contributed by atoms with van der Waals surface area (Å²) in [7, 11) is 1.55. The summed E-state index contributed by atoms with van der Waals surface area (Å²) in [6.07, 6.45) is 0.0997. The molecule has 0 heterocycles. The Bertz CT molecular complexity index is 792. The topological polar surface area (TPSA) is 76.7 Å². The van der Waals surface area contributed by atoms with E-state index in [-0.39, 0.29) is 18.4 Å². The molecule has 0 bridgehead atoms. The van der Waals surface area contributed by atoms with E-state index in [1.807, 2.05) is 63.2 Å². The Kier molecular flexibility index (Phi) is 7.87. The number of hydrogen-bond donors (Lipinski definition) is 2. The van der Waals surface area contributed by atoms with Gasteiger partial charge >= 0.3 is 6.09 Å². The van der Waals surface area contributed by atoms with Gasteiger partial charge in [0.05, 0.1) is 12.8 Å². The number of rotatable bonds is 8. The number of benzene rings is 2. The SMILES string of the molecule is CC[C@H](C)[C@@H](NC(=O)OCc1ccccc1)C(=O)Nc1cc(C)ccc1OC. The first kappa shape index (κ1) is 21.3. The van der Waals surface area contributed by atoms with Crippen molar-refractivity contribution in [1.82, 2.24) is 5.32 Å². The number of ether oxygens (including phenoxy) is 2. The van der Waals surface area contributed by atoms with Crippen molar-refractivity contribution < 1.29 is 19.1 Å². The zero-order valence-corrected chi connectivity index (χ0v) is 16.8. The third kappa shape index (κ3) is 6.01. The van der Waals surface area contributed by atoms with Crippen LogP contribution in [0, 0.1) is 12.8 Å². The molecule has 2 N–H and O–H groups in total. The number of methoxy groups -OCH3 is 1. The number of anilines is 1. The van der Waals surface area contributed by atoms with E-state index in [9.17, 15) is 9.59 Å². The van der Waals surface area contributed by atoms with E-state index < -0.39 is 12.1 Å². The molecule has 0 spiro atoms. The minimum atomic E-state index is -0.724. The molecule has 6 heteroatoms. The predicted octanol–water partition coefficient (Wildman–Crippen LogP) is 4.28. The summed E-state index contributed by atoms with van der Waals surface area (Å²) in [6.45, 7) is 5.96. The van der Waals surface area contributed by atoms with Crippen LogP contribution in [0.2, 0.25) is 0 Å². The van der Waals surface area contributed by atoms with Crippen LogP contribution in [0.4, 0.5) is 10.5 Å². The fourth-order valence-corrected chi connectivity index (χ4v) is 2.72. The zero-order chi connectivity index (χ0) is 20.5. The fourth-order valence-electron chi connectivity index (χ4n) is 2.72.